The second-order valence-corrected chi connectivity index (χ2v) is 4.17. The van der Waals surface area contributed by atoms with Crippen molar-refractivity contribution in [1.82, 2.24) is 10.3 Å². The number of hydrogen-bond acceptors (Lipinski definition) is 3. The maximum Gasteiger partial charge on any atom is 0.0480 e. The van der Waals surface area contributed by atoms with E-state index in [1.54, 1.807) is 6.20 Å². The molecule has 14 heavy (non-hydrogen) atoms. The summed E-state index contributed by atoms with van der Waals surface area (Å²) in [7, 11) is 0. The van der Waals surface area contributed by atoms with Crippen LogP contribution in [0.1, 0.15) is 12.5 Å². The Labute approximate surface area is 84.2 Å². The van der Waals surface area contributed by atoms with Gasteiger partial charge in [0, 0.05) is 43.4 Å². The van der Waals surface area contributed by atoms with Crippen LogP contribution in [0.4, 0.5) is 0 Å². The molecule has 3 nitrogen and oxygen atoms in total. The summed E-state index contributed by atoms with van der Waals surface area (Å²) in [6, 6.07) is 4.04. The summed E-state index contributed by atoms with van der Waals surface area (Å²) in [4.78, 5) is 4.13. The van der Waals surface area contributed by atoms with Crippen molar-refractivity contribution in [2.75, 3.05) is 19.7 Å². The highest BCUT2D eigenvalue weighted by Gasteiger charge is 2.39. The Morgan fingerprint density at radius 2 is 2.57 bits per heavy atom. The first-order valence-electron chi connectivity index (χ1n) is 4.99. The zero-order chi connectivity index (χ0) is 10.0. The van der Waals surface area contributed by atoms with Crippen LogP contribution >= 0.6 is 0 Å². The zero-order valence-electron chi connectivity index (χ0n) is 8.40. The van der Waals surface area contributed by atoms with Crippen LogP contribution < -0.4 is 5.32 Å². The quantitative estimate of drug-likeness (QED) is 0.719. The molecule has 0 amide bonds. The number of hydrogen-bond donors (Lipinski definition) is 2. The fourth-order valence-electron chi connectivity index (χ4n) is 2.18. The summed E-state index contributed by atoms with van der Waals surface area (Å²) in [6.45, 7) is 4.23. The molecule has 76 valence electrons. The molecule has 0 aliphatic carbocycles. The maximum atomic E-state index is 9.30. The van der Waals surface area contributed by atoms with E-state index in [0.717, 1.165) is 13.1 Å². The predicted molar refractivity (Wildman–Crippen MR) is 55.0 cm³/mol. The Morgan fingerprint density at radius 1 is 1.71 bits per heavy atom. The third-order valence-corrected chi connectivity index (χ3v) is 3.33. The van der Waals surface area contributed by atoms with Gasteiger partial charge in [-0.1, -0.05) is 13.0 Å². The van der Waals surface area contributed by atoms with Crippen LogP contribution in [-0.4, -0.2) is 29.8 Å². The lowest BCUT2D eigenvalue weighted by atomic mass is 9.75. The Hall–Kier alpha value is -0.930. The normalized spacial score (nSPS) is 32.0. The molecule has 1 saturated heterocycles. The largest absolute Gasteiger partial charge is 0.396 e. The number of pyridine rings is 1. The molecule has 2 N–H and O–H groups in total. The Bertz CT molecular complexity index is 301. The number of aliphatic hydroxyl groups is 1. The molecular weight excluding hydrogens is 176 g/mol. The highest BCUT2D eigenvalue weighted by Crippen LogP contribution is 2.34. The molecular formula is C11H16N2O. The van der Waals surface area contributed by atoms with E-state index in [2.05, 4.69) is 23.3 Å². The molecule has 1 aliphatic heterocycles. The van der Waals surface area contributed by atoms with Crippen LogP contribution in [0.25, 0.3) is 0 Å². The zero-order valence-corrected chi connectivity index (χ0v) is 8.40. The highest BCUT2D eigenvalue weighted by atomic mass is 16.3. The van der Waals surface area contributed by atoms with Crippen LogP contribution in [0, 0.1) is 5.92 Å². The van der Waals surface area contributed by atoms with Crippen LogP contribution in [0.3, 0.4) is 0 Å². The number of aromatic nitrogens is 1. The molecule has 0 spiro atoms. The van der Waals surface area contributed by atoms with Crippen molar-refractivity contribution in [3.05, 3.63) is 30.1 Å². The third-order valence-electron chi connectivity index (χ3n) is 3.33. The summed E-state index contributed by atoms with van der Waals surface area (Å²) < 4.78 is 0. The van der Waals surface area contributed by atoms with Gasteiger partial charge in [-0.3, -0.25) is 4.98 Å². The minimum absolute atomic E-state index is 0.0308. The highest BCUT2D eigenvalue weighted by molar-refractivity contribution is 5.25. The van der Waals surface area contributed by atoms with Gasteiger partial charge in [0.2, 0.25) is 0 Å². The molecule has 1 aliphatic rings. The van der Waals surface area contributed by atoms with Crippen molar-refractivity contribution < 1.29 is 5.11 Å². The van der Waals surface area contributed by atoms with Gasteiger partial charge in [0.15, 0.2) is 0 Å². The molecule has 2 atom stereocenters. The first-order chi connectivity index (χ1) is 6.77. The van der Waals surface area contributed by atoms with E-state index in [1.807, 2.05) is 12.3 Å². The summed E-state index contributed by atoms with van der Waals surface area (Å²) in [5.41, 5.74) is 1.24. The molecule has 1 aromatic heterocycles. The second kappa shape index (κ2) is 3.67. The molecule has 0 radical (unpaired) electrons. The van der Waals surface area contributed by atoms with Crippen LogP contribution in [0.2, 0.25) is 0 Å². The van der Waals surface area contributed by atoms with Gasteiger partial charge < -0.3 is 10.4 Å². The molecule has 2 rings (SSSR count). The van der Waals surface area contributed by atoms with E-state index < -0.39 is 0 Å². The molecule has 0 aromatic carbocycles. The second-order valence-electron chi connectivity index (χ2n) is 4.17. The van der Waals surface area contributed by atoms with Gasteiger partial charge in [0.25, 0.3) is 0 Å². The molecule has 3 heteroatoms. The molecule has 0 saturated carbocycles. The van der Waals surface area contributed by atoms with E-state index in [4.69, 9.17) is 0 Å². The lowest BCUT2D eigenvalue weighted by molar-refractivity contribution is 0.192. The van der Waals surface area contributed by atoms with E-state index >= 15 is 0 Å². The van der Waals surface area contributed by atoms with E-state index in [-0.39, 0.29) is 12.0 Å². The van der Waals surface area contributed by atoms with E-state index in [0.29, 0.717) is 5.92 Å². The van der Waals surface area contributed by atoms with E-state index in [9.17, 15) is 5.11 Å². The average Bonchev–Trinajstić information content (AvgIpc) is 2.62. The van der Waals surface area contributed by atoms with Crippen molar-refractivity contribution >= 4 is 0 Å². The van der Waals surface area contributed by atoms with Crippen molar-refractivity contribution in [1.29, 1.82) is 0 Å². The monoisotopic (exact) mass is 192 g/mol. The minimum Gasteiger partial charge on any atom is -0.396 e. The van der Waals surface area contributed by atoms with Gasteiger partial charge in [-0.25, -0.2) is 0 Å². The average molecular weight is 192 g/mol. The fraction of sp³-hybridized carbons (Fsp3) is 0.545. The van der Waals surface area contributed by atoms with Gasteiger partial charge in [-0.2, -0.15) is 0 Å². The first kappa shape index (κ1) is 9.62. The standard InChI is InChI=1S/C11H16N2O/c1-11(8-13-6-10(11)7-14)9-3-2-4-12-5-9/h2-5,10,13-14H,6-8H2,1H3/t10-,11-/m0/s1. The SMILES string of the molecule is C[C@@]1(c2cccnc2)CNC[C@H]1CO. The maximum absolute atomic E-state index is 9.30. The van der Waals surface area contributed by atoms with Crippen LogP contribution in [0.15, 0.2) is 24.5 Å². The minimum atomic E-state index is 0.0308. The van der Waals surface area contributed by atoms with Crippen molar-refractivity contribution in [2.24, 2.45) is 5.92 Å². The molecule has 0 unspecified atom stereocenters. The van der Waals surface area contributed by atoms with Gasteiger partial charge in [0.05, 0.1) is 0 Å². The Kier molecular flexibility index (Phi) is 2.52. The summed E-state index contributed by atoms with van der Waals surface area (Å²) >= 11 is 0. The van der Waals surface area contributed by atoms with Gasteiger partial charge >= 0.3 is 0 Å². The molecule has 1 fully saturated rings. The third kappa shape index (κ3) is 1.42. The van der Waals surface area contributed by atoms with Gasteiger partial charge in [0.1, 0.15) is 0 Å². The Balaban J connectivity index is 2.31. The van der Waals surface area contributed by atoms with Crippen molar-refractivity contribution in [3.63, 3.8) is 0 Å². The molecule has 2 heterocycles. The molecule has 0 bridgehead atoms. The lowest BCUT2D eigenvalue weighted by Crippen LogP contribution is -2.33. The smallest absolute Gasteiger partial charge is 0.0480 e. The summed E-state index contributed by atoms with van der Waals surface area (Å²) in [5, 5.41) is 12.6. The number of aliphatic hydroxyl groups excluding tert-OH is 1. The van der Waals surface area contributed by atoms with Gasteiger partial charge in [-0.05, 0) is 11.6 Å². The van der Waals surface area contributed by atoms with Gasteiger partial charge in [-0.15, -0.1) is 0 Å². The Morgan fingerprint density at radius 3 is 3.21 bits per heavy atom. The summed E-state index contributed by atoms with van der Waals surface area (Å²) in [6.07, 6.45) is 3.68. The first-order valence-corrected chi connectivity index (χ1v) is 4.99. The lowest BCUT2D eigenvalue weighted by Gasteiger charge is -2.29. The fourth-order valence-corrected chi connectivity index (χ4v) is 2.18. The van der Waals surface area contributed by atoms with Crippen molar-refractivity contribution in [3.8, 4) is 0 Å². The topological polar surface area (TPSA) is 45.2 Å². The number of rotatable bonds is 2. The van der Waals surface area contributed by atoms with E-state index in [1.165, 1.54) is 5.56 Å². The molecule has 1 aromatic rings. The summed E-state index contributed by atoms with van der Waals surface area (Å²) in [5.74, 6) is 0.298. The number of nitrogens with one attached hydrogen (secondary N) is 1. The number of nitrogens with zero attached hydrogens (tertiary/aromatic N) is 1. The predicted octanol–water partition coefficient (Wildman–Crippen LogP) is 0.551. The van der Waals surface area contributed by atoms with Crippen LogP contribution in [0.5, 0.6) is 0 Å². The van der Waals surface area contributed by atoms with Crippen LogP contribution in [-0.2, 0) is 5.41 Å². The van der Waals surface area contributed by atoms with Crippen molar-refractivity contribution in [2.45, 2.75) is 12.3 Å².